The average Bonchev–Trinajstić information content (AvgIpc) is 2.26. The highest BCUT2D eigenvalue weighted by molar-refractivity contribution is 14.1. The van der Waals surface area contributed by atoms with E-state index in [0.717, 1.165) is 0 Å². The lowest BCUT2D eigenvalue weighted by Crippen LogP contribution is -2.27. The first-order valence-corrected chi connectivity index (χ1v) is 7.82. The molecule has 0 saturated heterocycles. The molecular weight excluding hydrogens is 369 g/mol. The van der Waals surface area contributed by atoms with Crippen LogP contribution in [0.15, 0.2) is 23.1 Å². The van der Waals surface area contributed by atoms with Crippen LogP contribution in [0.4, 0.5) is 0 Å². The predicted molar refractivity (Wildman–Crippen MR) is 76.1 cm³/mol. The van der Waals surface area contributed by atoms with Crippen LogP contribution < -0.4 is 4.72 Å². The zero-order valence-electron chi connectivity index (χ0n) is 9.97. The molecule has 0 aliphatic heterocycles. The molecule has 0 atom stereocenters. The number of sulfonamides is 1. The third-order valence-corrected chi connectivity index (χ3v) is 4.52. The van der Waals surface area contributed by atoms with E-state index in [4.69, 9.17) is 5.11 Å². The Kier molecular flexibility index (Phi) is 5.11. The Morgan fingerprint density at radius 1 is 1.44 bits per heavy atom. The largest absolute Gasteiger partial charge is 0.478 e. The summed E-state index contributed by atoms with van der Waals surface area (Å²) in [7, 11) is -3.64. The van der Waals surface area contributed by atoms with Gasteiger partial charge < -0.3 is 5.11 Å². The Morgan fingerprint density at radius 2 is 2.06 bits per heavy atom. The zero-order valence-corrected chi connectivity index (χ0v) is 12.9. The SMILES string of the molecule is CC(C)CNS(=O)(=O)c1ccc(I)c(C(=O)O)c1. The second-order valence-electron chi connectivity index (χ2n) is 4.19. The maximum absolute atomic E-state index is 11.9. The van der Waals surface area contributed by atoms with Crippen LogP contribution in [0.3, 0.4) is 0 Å². The first-order chi connectivity index (χ1) is 8.24. The molecule has 0 spiro atoms. The molecule has 1 aromatic rings. The van der Waals surface area contributed by atoms with Crippen LogP contribution in [-0.4, -0.2) is 26.0 Å². The van der Waals surface area contributed by atoms with Gasteiger partial charge in [0, 0.05) is 10.1 Å². The number of hydrogen-bond donors (Lipinski definition) is 2. The normalized spacial score (nSPS) is 11.8. The molecule has 0 amide bonds. The van der Waals surface area contributed by atoms with Gasteiger partial charge in [-0.2, -0.15) is 0 Å². The van der Waals surface area contributed by atoms with Crippen LogP contribution in [0, 0.1) is 9.49 Å². The zero-order chi connectivity index (χ0) is 13.9. The minimum Gasteiger partial charge on any atom is -0.478 e. The van der Waals surface area contributed by atoms with Gasteiger partial charge in [0.1, 0.15) is 0 Å². The second kappa shape index (κ2) is 5.98. The van der Waals surface area contributed by atoms with E-state index in [0.29, 0.717) is 10.1 Å². The van der Waals surface area contributed by atoms with E-state index in [1.807, 2.05) is 36.4 Å². The number of carboxylic acids is 1. The summed E-state index contributed by atoms with van der Waals surface area (Å²) in [5, 5.41) is 8.95. The summed E-state index contributed by atoms with van der Waals surface area (Å²) in [5.41, 5.74) is -0.0111. The van der Waals surface area contributed by atoms with Crippen molar-refractivity contribution in [2.24, 2.45) is 5.92 Å². The molecule has 100 valence electrons. The quantitative estimate of drug-likeness (QED) is 0.762. The molecule has 0 aromatic heterocycles. The van der Waals surface area contributed by atoms with Crippen LogP contribution >= 0.6 is 22.6 Å². The van der Waals surface area contributed by atoms with E-state index in [1.165, 1.54) is 18.2 Å². The average molecular weight is 383 g/mol. The summed E-state index contributed by atoms with van der Waals surface area (Å²) >= 11 is 1.86. The molecule has 1 aromatic carbocycles. The molecule has 0 heterocycles. The lowest BCUT2D eigenvalue weighted by Gasteiger charge is -2.09. The minimum atomic E-state index is -3.64. The Labute approximate surface area is 120 Å². The minimum absolute atomic E-state index is 0.0111. The molecule has 0 radical (unpaired) electrons. The number of carboxylic acid groups (broad SMARTS) is 1. The second-order valence-corrected chi connectivity index (χ2v) is 7.12. The van der Waals surface area contributed by atoms with Crippen molar-refractivity contribution in [3.63, 3.8) is 0 Å². The van der Waals surface area contributed by atoms with E-state index in [-0.39, 0.29) is 16.4 Å². The van der Waals surface area contributed by atoms with E-state index >= 15 is 0 Å². The van der Waals surface area contributed by atoms with Crippen molar-refractivity contribution in [3.05, 3.63) is 27.3 Å². The standard InChI is InChI=1S/C11H14INO4S/c1-7(2)6-13-18(16,17)8-3-4-10(12)9(5-8)11(14)15/h3-5,7,13H,6H2,1-2H3,(H,14,15). The van der Waals surface area contributed by atoms with Crippen molar-refractivity contribution in [2.45, 2.75) is 18.7 Å². The van der Waals surface area contributed by atoms with Gasteiger partial charge in [0.05, 0.1) is 10.5 Å². The van der Waals surface area contributed by atoms with Gasteiger partial charge in [-0.15, -0.1) is 0 Å². The molecule has 1 rings (SSSR count). The van der Waals surface area contributed by atoms with E-state index in [9.17, 15) is 13.2 Å². The van der Waals surface area contributed by atoms with Gasteiger partial charge in [-0.3, -0.25) is 0 Å². The van der Waals surface area contributed by atoms with Gasteiger partial charge in [-0.25, -0.2) is 17.9 Å². The van der Waals surface area contributed by atoms with Crippen LogP contribution in [0.25, 0.3) is 0 Å². The summed E-state index contributed by atoms with van der Waals surface area (Å²) in [5.74, 6) is -0.956. The van der Waals surface area contributed by atoms with Crippen molar-refractivity contribution < 1.29 is 18.3 Å². The molecule has 0 bridgehead atoms. The summed E-state index contributed by atoms with van der Waals surface area (Å²) in [4.78, 5) is 10.9. The highest BCUT2D eigenvalue weighted by atomic mass is 127. The van der Waals surface area contributed by atoms with Crippen molar-refractivity contribution in [2.75, 3.05) is 6.54 Å². The van der Waals surface area contributed by atoms with E-state index in [2.05, 4.69) is 4.72 Å². The Balaban J connectivity index is 3.10. The van der Waals surface area contributed by atoms with Crippen molar-refractivity contribution >= 4 is 38.6 Å². The van der Waals surface area contributed by atoms with Crippen molar-refractivity contribution in [1.82, 2.24) is 4.72 Å². The summed E-state index contributed by atoms with van der Waals surface area (Å²) in [6, 6.07) is 4.05. The predicted octanol–water partition coefficient (Wildman–Crippen LogP) is 1.92. The maximum Gasteiger partial charge on any atom is 0.336 e. The summed E-state index contributed by atoms with van der Waals surface area (Å²) in [6.45, 7) is 4.09. The van der Waals surface area contributed by atoms with Crippen molar-refractivity contribution in [3.8, 4) is 0 Å². The Hall–Kier alpha value is -0.670. The van der Waals surface area contributed by atoms with Gasteiger partial charge in [0.15, 0.2) is 0 Å². The number of nitrogens with one attached hydrogen (secondary N) is 1. The molecule has 0 unspecified atom stereocenters. The first kappa shape index (κ1) is 15.4. The topological polar surface area (TPSA) is 83.5 Å². The van der Waals surface area contributed by atoms with Crippen LogP contribution in [0.1, 0.15) is 24.2 Å². The molecule has 0 fully saturated rings. The lowest BCUT2D eigenvalue weighted by atomic mass is 10.2. The highest BCUT2D eigenvalue weighted by Gasteiger charge is 2.18. The molecule has 18 heavy (non-hydrogen) atoms. The number of carbonyl (C=O) groups is 1. The van der Waals surface area contributed by atoms with Gasteiger partial charge in [-0.05, 0) is 46.7 Å². The fraction of sp³-hybridized carbons (Fsp3) is 0.364. The fourth-order valence-corrected chi connectivity index (χ4v) is 3.00. The van der Waals surface area contributed by atoms with E-state index < -0.39 is 16.0 Å². The van der Waals surface area contributed by atoms with Crippen LogP contribution in [-0.2, 0) is 10.0 Å². The summed E-state index contributed by atoms with van der Waals surface area (Å²) in [6.07, 6.45) is 0. The van der Waals surface area contributed by atoms with Gasteiger partial charge in [0.2, 0.25) is 10.0 Å². The smallest absolute Gasteiger partial charge is 0.336 e. The van der Waals surface area contributed by atoms with Crippen LogP contribution in [0.2, 0.25) is 0 Å². The lowest BCUT2D eigenvalue weighted by molar-refractivity contribution is 0.0695. The number of rotatable bonds is 5. The van der Waals surface area contributed by atoms with Crippen molar-refractivity contribution in [1.29, 1.82) is 0 Å². The van der Waals surface area contributed by atoms with Gasteiger partial charge in [-0.1, -0.05) is 13.8 Å². The van der Waals surface area contributed by atoms with Gasteiger partial charge in [0.25, 0.3) is 0 Å². The Bertz CT molecular complexity index is 554. The number of benzene rings is 1. The molecule has 0 saturated carbocycles. The third kappa shape index (κ3) is 3.92. The molecule has 7 heteroatoms. The molecule has 0 aliphatic carbocycles. The molecule has 0 aliphatic rings. The monoisotopic (exact) mass is 383 g/mol. The molecular formula is C11H14INO4S. The Morgan fingerprint density at radius 3 is 2.56 bits per heavy atom. The number of halogens is 1. The van der Waals surface area contributed by atoms with Crippen LogP contribution in [0.5, 0.6) is 0 Å². The highest BCUT2D eigenvalue weighted by Crippen LogP contribution is 2.18. The summed E-state index contributed by atoms with van der Waals surface area (Å²) < 4.78 is 26.8. The maximum atomic E-state index is 11.9. The van der Waals surface area contributed by atoms with E-state index in [1.54, 1.807) is 0 Å². The van der Waals surface area contributed by atoms with Gasteiger partial charge >= 0.3 is 5.97 Å². The molecule has 2 N–H and O–H groups in total. The number of hydrogen-bond acceptors (Lipinski definition) is 3. The molecule has 5 nitrogen and oxygen atoms in total. The third-order valence-electron chi connectivity index (χ3n) is 2.16. The fourth-order valence-electron chi connectivity index (χ4n) is 1.20. The number of aromatic carboxylic acids is 1. The first-order valence-electron chi connectivity index (χ1n) is 5.26.